The summed E-state index contributed by atoms with van der Waals surface area (Å²) in [5, 5.41) is 0. The van der Waals surface area contributed by atoms with Gasteiger partial charge < -0.3 is 9.47 Å². The molecule has 1 aromatic rings. The molecule has 0 saturated carbocycles. The second-order valence-corrected chi connectivity index (χ2v) is 3.86. The predicted octanol–water partition coefficient (Wildman–Crippen LogP) is 2.22. The number of carbonyl (C=O) groups excluding carboxylic acids is 1. The number of hydrogen-bond acceptors (Lipinski definition) is 3. The first-order valence-corrected chi connectivity index (χ1v) is 5.30. The maximum Gasteiger partial charge on any atom is 0.170 e. The van der Waals surface area contributed by atoms with Crippen molar-refractivity contribution >= 4 is 5.78 Å². The lowest BCUT2D eigenvalue weighted by Crippen LogP contribution is -2.16. The van der Waals surface area contributed by atoms with Crippen molar-refractivity contribution in [3.05, 3.63) is 34.9 Å². The van der Waals surface area contributed by atoms with Crippen molar-refractivity contribution in [3.8, 4) is 0 Å². The number of hydrogen-bond donors (Lipinski definition) is 0. The van der Waals surface area contributed by atoms with E-state index in [1.165, 1.54) is 19.1 Å². The molecule has 5 heteroatoms. The molecule has 1 aromatic carbocycles. The maximum atomic E-state index is 13.5. The predicted molar refractivity (Wildman–Crippen MR) is 55.7 cm³/mol. The molecule has 0 N–H and O–H groups in total. The molecule has 1 saturated heterocycles. The van der Waals surface area contributed by atoms with Crippen LogP contribution in [-0.2, 0) is 9.47 Å². The standard InChI is InChI=1S/C12H12F2O3/c1-7-2-3-8(12(14)11(7)13)9(15)6-10-16-4-5-17-10/h2-3,10H,4-6H2,1H3. The second-order valence-electron chi connectivity index (χ2n) is 3.86. The Hall–Kier alpha value is -1.33. The van der Waals surface area contributed by atoms with Gasteiger partial charge in [-0.25, -0.2) is 8.78 Å². The normalized spacial score (nSPS) is 16.4. The highest BCUT2D eigenvalue weighted by Gasteiger charge is 2.23. The van der Waals surface area contributed by atoms with Crippen LogP contribution in [-0.4, -0.2) is 25.3 Å². The van der Waals surface area contributed by atoms with Crippen LogP contribution in [0, 0.1) is 18.6 Å². The fraction of sp³-hybridized carbons (Fsp3) is 0.417. The van der Waals surface area contributed by atoms with Crippen molar-refractivity contribution in [3.63, 3.8) is 0 Å². The Bertz CT molecular complexity index is 440. The maximum absolute atomic E-state index is 13.5. The molecular weight excluding hydrogens is 230 g/mol. The molecule has 0 aromatic heterocycles. The second kappa shape index (κ2) is 4.89. The van der Waals surface area contributed by atoms with Gasteiger partial charge in [0, 0.05) is 0 Å². The van der Waals surface area contributed by atoms with Gasteiger partial charge in [0.15, 0.2) is 23.7 Å². The van der Waals surface area contributed by atoms with Gasteiger partial charge in [0.05, 0.1) is 25.2 Å². The summed E-state index contributed by atoms with van der Waals surface area (Å²) in [5.74, 6) is -2.61. The molecule has 1 aliphatic rings. The van der Waals surface area contributed by atoms with E-state index in [9.17, 15) is 13.6 Å². The molecule has 1 heterocycles. The van der Waals surface area contributed by atoms with Gasteiger partial charge in [-0.3, -0.25) is 4.79 Å². The number of carbonyl (C=O) groups is 1. The summed E-state index contributed by atoms with van der Waals surface area (Å²) in [6.07, 6.45) is -0.745. The average Bonchev–Trinajstić information content (AvgIpc) is 2.78. The summed E-state index contributed by atoms with van der Waals surface area (Å²) in [6.45, 7) is 2.28. The van der Waals surface area contributed by atoms with Crippen LogP contribution in [0.2, 0.25) is 0 Å². The van der Waals surface area contributed by atoms with Gasteiger partial charge in [-0.05, 0) is 18.6 Å². The fourth-order valence-electron chi connectivity index (χ4n) is 1.65. The Balaban J connectivity index is 2.16. The SMILES string of the molecule is Cc1ccc(C(=O)CC2OCCO2)c(F)c1F. The third-order valence-electron chi connectivity index (χ3n) is 2.62. The van der Waals surface area contributed by atoms with Gasteiger partial charge in [0.25, 0.3) is 0 Å². The topological polar surface area (TPSA) is 35.5 Å². The molecule has 92 valence electrons. The van der Waals surface area contributed by atoms with Gasteiger partial charge in [0.2, 0.25) is 0 Å². The zero-order valence-electron chi connectivity index (χ0n) is 9.33. The van der Waals surface area contributed by atoms with Crippen molar-refractivity contribution < 1.29 is 23.0 Å². The van der Waals surface area contributed by atoms with E-state index in [0.717, 1.165) is 0 Å². The van der Waals surface area contributed by atoms with E-state index in [0.29, 0.717) is 13.2 Å². The highest BCUT2D eigenvalue weighted by Crippen LogP contribution is 2.19. The molecule has 0 radical (unpaired) electrons. The van der Waals surface area contributed by atoms with Crippen LogP contribution in [0.3, 0.4) is 0 Å². The Morgan fingerprint density at radius 3 is 2.59 bits per heavy atom. The molecule has 2 rings (SSSR count). The molecule has 0 spiro atoms. The monoisotopic (exact) mass is 242 g/mol. The van der Waals surface area contributed by atoms with Gasteiger partial charge >= 0.3 is 0 Å². The molecule has 1 fully saturated rings. The molecule has 0 unspecified atom stereocenters. The minimum absolute atomic E-state index is 0.0978. The number of Topliss-reactive ketones (excluding diaryl/α,β-unsaturated/α-hetero) is 1. The van der Waals surface area contributed by atoms with E-state index in [2.05, 4.69) is 0 Å². The number of halogens is 2. The number of ether oxygens (including phenoxy) is 2. The van der Waals surface area contributed by atoms with Crippen molar-refractivity contribution in [2.24, 2.45) is 0 Å². The Morgan fingerprint density at radius 1 is 1.29 bits per heavy atom. The van der Waals surface area contributed by atoms with Crippen LogP contribution < -0.4 is 0 Å². The lowest BCUT2D eigenvalue weighted by Gasteiger charge is -2.09. The van der Waals surface area contributed by atoms with Crippen LogP contribution in [0.5, 0.6) is 0 Å². The van der Waals surface area contributed by atoms with Crippen molar-refractivity contribution in [1.82, 2.24) is 0 Å². The third-order valence-corrected chi connectivity index (χ3v) is 2.62. The zero-order valence-corrected chi connectivity index (χ0v) is 9.33. The van der Waals surface area contributed by atoms with Gasteiger partial charge in [-0.2, -0.15) is 0 Å². The summed E-state index contributed by atoms with van der Waals surface area (Å²) >= 11 is 0. The molecule has 0 bridgehead atoms. The first-order chi connectivity index (χ1) is 8.09. The first-order valence-electron chi connectivity index (χ1n) is 5.30. The van der Waals surface area contributed by atoms with Gasteiger partial charge in [-0.15, -0.1) is 0 Å². The van der Waals surface area contributed by atoms with E-state index >= 15 is 0 Å². The quantitative estimate of drug-likeness (QED) is 0.762. The summed E-state index contributed by atoms with van der Waals surface area (Å²) in [5.41, 5.74) is -0.0837. The van der Waals surface area contributed by atoms with Gasteiger partial charge in [-0.1, -0.05) is 6.07 Å². The van der Waals surface area contributed by atoms with E-state index in [1.54, 1.807) is 0 Å². The molecule has 1 aliphatic heterocycles. The minimum atomic E-state index is -1.10. The molecule has 0 amide bonds. The highest BCUT2D eigenvalue weighted by atomic mass is 19.2. The number of benzene rings is 1. The number of rotatable bonds is 3. The average molecular weight is 242 g/mol. The van der Waals surface area contributed by atoms with E-state index in [4.69, 9.17) is 9.47 Å². The first kappa shape index (κ1) is 12.1. The zero-order chi connectivity index (χ0) is 12.4. The Kier molecular flexibility index (Phi) is 3.49. The van der Waals surface area contributed by atoms with Crippen LogP contribution in [0.25, 0.3) is 0 Å². The number of ketones is 1. The lowest BCUT2D eigenvalue weighted by atomic mass is 10.0. The molecular formula is C12H12F2O3. The smallest absolute Gasteiger partial charge is 0.170 e. The molecule has 3 nitrogen and oxygen atoms in total. The minimum Gasteiger partial charge on any atom is -0.350 e. The van der Waals surface area contributed by atoms with Gasteiger partial charge in [0.1, 0.15) is 0 Å². The van der Waals surface area contributed by atoms with E-state index < -0.39 is 23.7 Å². The van der Waals surface area contributed by atoms with Crippen molar-refractivity contribution in [1.29, 1.82) is 0 Å². The molecule has 0 aliphatic carbocycles. The summed E-state index contributed by atoms with van der Waals surface area (Å²) in [6, 6.07) is 2.66. The highest BCUT2D eigenvalue weighted by molar-refractivity contribution is 5.96. The summed E-state index contributed by atoms with van der Waals surface area (Å²) < 4.78 is 36.9. The van der Waals surface area contributed by atoms with Crippen LogP contribution in [0.1, 0.15) is 22.3 Å². The fourth-order valence-corrected chi connectivity index (χ4v) is 1.65. The lowest BCUT2D eigenvalue weighted by molar-refractivity contribution is -0.0408. The Labute approximate surface area is 97.3 Å². The largest absolute Gasteiger partial charge is 0.350 e. The van der Waals surface area contributed by atoms with E-state index in [-0.39, 0.29) is 17.5 Å². The number of aryl methyl sites for hydroxylation is 1. The molecule has 0 atom stereocenters. The van der Waals surface area contributed by atoms with Crippen molar-refractivity contribution in [2.45, 2.75) is 19.6 Å². The third kappa shape index (κ3) is 2.50. The van der Waals surface area contributed by atoms with Crippen LogP contribution in [0.15, 0.2) is 12.1 Å². The van der Waals surface area contributed by atoms with Crippen LogP contribution >= 0.6 is 0 Å². The molecule has 17 heavy (non-hydrogen) atoms. The van der Waals surface area contributed by atoms with Crippen LogP contribution in [0.4, 0.5) is 8.78 Å². The van der Waals surface area contributed by atoms with Crippen molar-refractivity contribution in [2.75, 3.05) is 13.2 Å². The summed E-state index contributed by atoms with van der Waals surface area (Å²) in [4.78, 5) is 11.7. The summed E-state index contributed by atoms with van der Waals surface area (Å²) in [7, 11) is 0. The Morgan fingerprint density at radius 2 is 1.94 bits per heavy atom. The van der Waals surface area contributed by atoms with E-state index in [1.807, 2.05) is 0 Å².